The zero-order valence-electron chi connectivity index (χ0n) is 16.8. The number of benzene rings is 1. The van der Waals surface area contributed by atoms with Gasteiger partial charge in [-0.1, -0.05) is 25.4 Å². The van der Waals surface area contributed by atoms with Gasteiger partial charge in [-0.2, -0.15) is 0 Å². The summed E-state index contributed by atoms with van der Waals surface area (Å²) in [6, 6.07) is 3.99. The first kappa shape index (κ1) is 21.2. The van der Waals surface area contributed by atoms with Crippen LogP contribution in [0.15, 0.2) is 12.1 Å². The minimum Gasteiger partial charge on any atom is -0.489 e. The topological polar surface area (TPSA) is 60.0 Å². The average molecular weight is 411 g/mol. The second kappa shape index (κ2) is 10.3. The highest BCUT2D eigenvalue weighted by molar-refractivity contribution is 6.32. The monoisotopic (exact) mass is 410 g/mol. The minimum absolute atomic E-state index is 0.00688. The Bertz CT molecular complexity index is 662. The summed E-state index contributed by atoms with van der Waals surface area (Å²) in [6.07, 6.45) is 2.14. The molecule has 0 aromatic heterocycles. The summed E-state index contributed by atoms with van der Waals surface area (Å²) in [5, 5.41) is 3.60. The molecule has 1 amide bonds. The highest BCUT2D eigenvalue weighted by atomic mass is 35.5. The van der Waals surface area contributed by atoms with Gasteiger partial charge >= 0.3 is 0 Å². The van der Waals surface area contributed by atoms with E-state index in [1.807, 2.05) is 6.07 Å². The molecule has 0 spiro atoms. The van der Waals surface area contributed by atoms with Gasteiger partial charge in [0.25, 0.3) is 0 Å². The lowest BCUT2D eigenvalue weighted by molar-refractivity contribution is -0.120. The molecule has 0 saturated carbocycles. The number of halogens is 1. The molecule has 1 aromatic rings. The summed E-state index contributed by atoms with van der Waals surface area (Å²) in [5.74, 6) is 1.77. The molecule has 0 bridgehead atoms. The van der Waals surface area contributed by atoms with Gasteiger partial charge in [-0.25, -0.2) is 0 Å². The first-order valence-electron chi connectivity index (χ1n) is 10.2. The second-order valence-corrected chi connectivity index (χ2v) is 8.28. The number of carbonyl (C=O) groups excluding carboxylic acids is 1. The van der Waals surface area contributed by atoms with Gasteiger partial charge in [-0.15, -0.1) is 0 Å². The van der Waals surface area contributed by atoms with Crippen molar-refractivity contribution >= 4 is 17.5 Å². The molecule has 1 unspecified atom stereocenters. The van der Waals surface area contributed by atoms with Gasteiger partial charge in [0.2, 0.25) is 5.91 Å². The molecule has 1 N–H and O–H groups in total. The lowest BCUT2D eigenvalue weighted by Gasteiger charge is -2.35. The van der Waals surface area contributed by atoms with Crippen molar-refractivity contribution in [3.63, 3.8) is 0 Å². The number of hydrogen-bond donors (Lipinski definition) is 1. The van der Waals surface area contributed by atoms with E-state index in [-0.39, 0.29) is 12.3 Å². The number of hydrogen-bond acceptors (Lipinski definition) is 5. The normalized spacial score (nSPS) is 18.6. The molecule has 156 valence electrons. The van der Waals surface area contributed by atoms with Crippen molar-refractivity contribution in [2.24, 2.45) is 5.92 Å². The predicted octanol–water partition coefficient (Wildman–Crippen LogP) is 2.91. The van der Waals surface area contributed by atoms with Crippen LogP contribution in [0.3, 0.4) is 0 Å². The number of ether oxygens (including phenoxy) is 3. The third-order valence-corrected chi connectivity index (χ3v) is 5.35. The molecule has 2 aliphatic rings. The van der Waals surface area contributed by atoms with Crippen molar-refractivity contribution in [3.8, 4) is 11.5 Å². The van der Waals surface area contributed by atoms with E-state index in [1.54, 1.807) is 6.07 Å². The van der Waals surface area contributed by atoms with Gasteiger partial charge < -0.3 is 19.5 Å². The van der Waals surface area contributed by atoms with E-state index < -0.39 is 0 Å². The molecule has 1 saturated heterocycles. The van der Waals surface area contributed by atoms with E-state index in [4.69, 9.17) is 25.8 Å². The van der Waals surface area contributed by atoms with Gasteiger partial charge in [0.1, 0.15) is 0 Å². The molecule has 0 aliphatic carbocycles. The maximum Gasteiger partial charge on any atom is 0.224 e. The fraction of sp³-hybridized carbons (Fsp3) is 0.667. The third-order valence-electron chi connectivity index (χ3n) is 5.07. The van der Waals surface area contributed by atoms with Gasteiger partial charge in [0, 0.05) is 32.1 Å². The van der Waals surface area contributed by atoms with E-state index in [2.05, 4.69) is 24.1 Å². The SMILES string of the molecule is CC(C)CC(CNC(=O)Cc1cc(Cl)c2c(c1)OCCCO2)N1CCOCC1. The number of morpholine rings is 1. The Labute approximate surface area is 172 Å². The molecule has 28 heavy (non-hydrogen) atoms. The fourth-order valence-electron chi connectivity index (χ4n) is 3.71. The number of fused-ring (bicyclic) bond motifs is 1. The molecule has 1 fully saturated rings. The van der Waals surface area contributed by atoms with E-state index in [0.29, 0.717) is 48.2 Å². The van der Waals surface area contributed by atoms with Crippen LogP contribution in [0.2, 0.25) is 5.02 Å². The summed E-state index contributed by atoms with van der Waals surface area (Å²) >= 11 is 6.33. The van der Waals surface area contributed by atoms with Crippen molar-refractivity contribution in [3.05, 3.63) is 22.7 Å². The molecule has 6 nitrogen and oxygen atoms in total. The van der Waals surface area contributed by atoms with Crippen LogP contribution < -0.4 is 14.8 Å². The molecule has 0 radical (unpaired) electrons. The lowest BCUT2D eigenvalue weighted by Crippen LogP contribution is -2.49. The summed E-state index contributed by atoms with van der Waals surface area (Å²) in [6.45, 7) is 9.63. The smallest absolute Gasteiger partial charge is 0.224 e. The molecule has 7 heteroatoms. The Morgan fingerprint density at radius 1 is 1.18 bits per heavy atom. The summed E-state index contributed by atoms with van der Waals surface area (Å²) < 4.78 is 16.8. The molecule has 3 rings (SSSR count). The van der Waals surface area contributed by atoms with Crippen LogP contribution >= 0.6 is 11.6 Å². The quantitative estimate of drug-likeness (QED) is 0.748. The van der Waals surface area contributed by atoms with Crippen molar-refractivity contribution in [1.29, 1.82) is 0 Å². The number of amides is 1. The minimum atomic E-state index is -0.00688. The Hall–Kier alpha value is -1.50. The Morgan fingerprint density at radius 2 is 1.93 bits per heavy atom. The Kier molecular flexibility index (Phi) is 7.82. The van der Waals surface area contributed by atoms with E-state index >= 15 is 0 Å². The highest BCUT2D eigenvalue weighted by Crippen LogP contribution is 2.38. The zero-order valence-corrected chi connectivity index (χ0v) is 17.6. The van der Waals surface area contributed by atoms with Crippen molar-refractivity contribution in [2.45, 2.75) is 39.2 Å². The summed E-state index contributed by atoms with van der Waals surface area (Å²) in [4.78, 5) is 15.0. The first-order chi connectivity index (χ1) is 13.5. The van der Waals surface area contributed by atoms with Crippen molar-refractivity contribution in [2.75, 3.05) is 46.1 Å². The number of nitrogens with zero attached hydrogens (tertiary/aromatic N) is 1. The maximum atomic E-state index is 12.6. The van der Waals surface area contributed by atoms with Crippen molar-refractivity contribution in [1.82, 2.24) is 10.2 Å². The zero-order chi connectivity index (χ0) is 19.9. The van der Waals surface area contributed by atoms with Crippen LogP contribution in [0.5, 0.6) is 11.5 Å². The van der Waals surface area contributed by atoms with Gasteiger partial charge in [0.15, 0.2) is 11.5 Å². The van der Waals surface area contributed by atoms with Gasteiger partial charge in [-0.05, 0) is 30.0 Å². The molecule has 2 aliphatic heterocycles. The van der Waals surface area contributed by atoms with Crippen LogP contribution in [0, 0.1) is 5.92 Å². The van der Waals surface area contributed by atoms with Crippen molar-refractivity contribution < 1.29 is 19.0 Å². The number of carbonyl (C=O) groups is 1. The van der Waals surface area contributed by atoms with E-state index in [1.165, 1.54) is 0 Å². The molecule has 1 atom stereocenters. The van der Waals surface area contributed by atoms with Gasteiger partial charge in [0.05, 0.1) is 37.9 Å². The van der Waals surface area contributed by atoms with Gasteiger partial charge in [-0.3, -0.25) is 9.69 Å². The standard InChI is InChI=1S/C21H31ClN2O4/c1-15(2)10-17(24-4-8-26-9-5-24)14-23-20(25)13-16-11-18(22)21-19(12-16)27-6-3-7-28-21/h11-12,15,17H,3-10,13-14H2,1-2H3,(H,23,25). The van der Waals surface area contributed by atoms with Crippen LogP contribution in [0.25, 0.3) is 0 Å². The number of rotatable bonds is 7. The number of nitrogens with one attached hydrogen (secondary N) is 1. The Balaban J connectivity index is 1.58. The summed E-state index contributed by atoms with van der Waals surface area (Å²) in [5.41, 5.74) is 0.832. The van der Waals surface area contributed by atoms with Crippen LogP contribution in [-0.2, 0) is 16.0 Å². The predicted molar refractivity (Wildman–Crippen MR) is 109 cm³/mol. The molecular formula is C21H31ClN2O4. The van der Waals surface area contributed by atoms with Crippen LogP contribution in [0.4, 0.5) is 0 Å². The lowest BCUT2D eigenvalue weighted by atomic mass is 10.0. The maximum absolute atomic E-state index is 12.6. The fourth-order valence-corrected chi connectivity index (χ4v) is 4.00. The second-order valence-electron chi connectivity index (χ2n) is 7.87. The highest BCUT2D eigenvalue weighted by Gasteiger charge is 2.23. The molecule has 2 heterocycles. The molecule has 1 aromatic carbocycles. The largest absolute Gasteiger partial charge is 0.489 e. The Morgan fingerprint density at radius 3 is 2.68 bits per heavy atom. The van der Waals surface area contributed by atoms with Crippen LogP contribution in [0.1, 0.15) is 32.3 Å². The summed E-state index contributed by atoms with van der Waals surface area (Å²) in [7, 11) is 0. The molecular weight excluding hydrogens is 380 g/mol. The first-order valence-corrected chi connectivity index (χ1v) is 10.6. The average Bonchev–Trinajstić information content (AvgIpc) is 2.91. The van der Waals surface area contributed by atoms with E-state index in [9.17, 15) is 4.79 Å². The third kappa shape index (κ3) is 6.00. The van der Waals surface area contributed by atoms with Crippen LogP contribution in [-0.4, -0.2) is 62.9 Å². The van der Waals surface area contributed by atoms with E-state index in [0.717, 1.165) is 44.7 Å².